The van der Waals surface area contributed by atoms with Gasteiger partial charge in [-0.15, -0.1) is 0 Å². The summed E-state index contributed by atoms with van der Waals surface area (Å²) in [5, 5.41) is 9.96. The van der Waals surface area contributed by atoms with Crippen molar-refractivity contribution < 1.29 is 13.2 Å². The third-order valence-corrected chi connectivity index (χ3v) is 11.0. The number of pyridine rings is 1. The minimum atomic E-state index is -3.20. The highest BCUT2D eigenvalue weighted by molar-refractivity contribution is 8.26. The Hall–Kier alpha value is -3.14. The number of sulfone groups is 1. The SMILES string of the molecule is CCCCn1c(N2CCN(c3ccccc3)CC2)c(/C=C2/SC(=S)N(C3CCS(=O)(=O)C3)C2=O)c(C)c(C#N)c1=O. The molecule has 12 heteroatoms. The van der Waals surface area contributed by atoms with Crippen molar-refractivity contribution in [1.29, 1.82) is 5.26 Å². The predicted molar refractivity (Wildman–Crippen MR) is 168 cm³/mol. The molecule has 1 aromatic heterocycles. The number of unbranched alkanes of at least 4 members (excludes halogenated alkanes) is 1. The first-order chi connectivity index (χ1) is 19.6. The predicted octanol–water partition coefficient (Wildman–Crippen LogP) is 3.54. The Labute approximate surface area is 250 Å². The summed E-state index contributed by atoms with van der Waals surface area (Å²) in [6.45, 7) is 7.09. The van der Waals surface area contributed by atoms with Crippen LogP contribution in [0.15, 0.2) is 40.0 Å². The van der Waals surface area contributed by atoms with Crippen LogP contribution < -0.4 is 15.4 Å². The third-order valence-electron chi connectivity index (χ3n) is 7.95. The van der Waals surface area contributed by atoms with E-state index in [-0.39, 0.29) is 28.5 Å². The van der Waals surface area contributed by atoms with Gasteiger partial charge in [0.25, 0.3) is 11.5 Å². The number of rotatable bonds is 7. The number of hydrogen-bond acceptors (Lipinski definition) is 9. The molecule has 3 aliphatic rings. The molecule has 0 radical (unpaired) electrons. The second kappa shape index (κ2) is 12.0. The van der Waals surface area contributed by atoms with E-state index in [4.69, 9.17) is 12.2 Å². The van der Waals surface area contributed by atoms with Gasteiger partial charge in [0, 0.05) is 44.0 Å². The van der Waals surface area contributed by atoms with Gasteiger partial charge in [-0.1, -0.05) is 55.5 Å². The first kappa shape index (κ1) is 29.4. The Balaban J connectivity index is 1.56. The lowest BCUT2D eigenvalue weighted by Gasteiger charge is -2.39. The smallest absolute Gasteiger partial charge is 0.270 e. The summed E-state index contributed by atoms with van der Waals surface area (Å²) in [4.78, 5) is 33.5. The molecule has 0 N–H and O–H groups in total. The van der Waals surface area contributed by atoms with E-state index in [1.807, 2.05) is 18.2 Å². The molecule has 41 heavy (non-hydrogen) atoms. The van der Waals surface area contributed by atoms with E-state index in [0.717, 1.165) is 43.4 Å². The maximum Gasteiger partial charge on any atom is 0.270 e. The summed E-state index contributed by atoms with van der Waals surface area (Å²) in [5.41, 5.74) is 2.07. The average Bonchev–Trinajstić information content (AvgIpc) is 3.46. The number of thioether (sulfide) groups is 1. The fraction of sp³-hybridized carbons (Fsp3) is 0.448. The Bertz CT molecular complexity index is 1600. The number of para-hydroxylation sites is 1. The van der Waals surface area contributed by atoms with Gasteiger partial charge in [0.15, 0.2) is 9.84 Å². The highest BCUT2D eigenvalue weighted by atomic mass is 32.2. The highest BCUT2D eigenvalue weighted by Gasteiger charge is 2.42. The van der Waals surface area contributed by atoms with Gasteiger partial charge in [0.1, 0.15) is 21.8 Å². The maximum atomic E-state index is 13.6. The van der Waals surface area contributed by atoms with Gasteiger partial charge in [-0.05, 0) is 43.5 Å². The van der Waals surface area contributed by atoms with E-state index < -0.39 is 15.9 Å². The fourth-order valence-electron chi connectivity index (χ4n) is 5.73. The van der Waals surface area contributed by atoms with E-state index in [9.17, 15) is 23.3 Å². The molecule has 1 amide bonds. The molecule has 1 atom stereocenters. The van der Waals surface area contributed by atoms with E-state index in [1.165, 1.54) is 4.90 Å². The molecule has 4 heterocycles. The maximum absolute atomic E-state index is 13.6. The molecule has 2 aromatic rings. The molecule has 3 fully saturated rings. The van der Waals surface area contributed by atoms with Gasteiger partial charge in [-0.2, -0.15) is 5.26 Å². The Kier molecular flexibility index (Phi) is 8.59. The number of amides is 1. The van der Waals surface area contributed by atoms with Crippen molar-refractivity contribution in [1.82, 2.24) is 9.47 Å². The molecule has 216 valence electrons. The van der Waals surface area contributed by atoms with Crippen LogP contribution in [0.25, 0.3) is 6.08 Å². The molecule has 0 bridgehead atoms. The van der Waals surface area contributed by atoms with Gasteiger partial charge in [-0.25, -0.2) is 8.42 Å². The molecule has 9 nitrogen and oxygen atoms in total. The number of anilines is 2. The van der Waals surface area contributed by atoms with E-state index in [1.54, 1.807) is 17.6 Å². The van der Waals surface area contributed by atoms with Gasteiger partial charge in [-0.3, -0.25) is 19.1 Å². The largest absolute Gasteiger partial charge is 0.368 e. The van der Waals surface area contributed by atoms with Crippen LogP contribution in [0, 0.1) is 18.3 Å². The number of hydrogen-bond donors (Lipinski definition) is 0. The zero-order valence-electron chi connectivity index (χ0n) is 23.2. The second-order valence-corrected chi connectivity index (χ2v) is 14.5. The van der Waals surface area contributed by atoms with Crippen molar-refractivity contribution in [3.8, 4) is 6.07 Å². The third kappa shape index (κ3) is 5.80. The van der Waals surface area contributed by atoms with Crippen LogP contribution in [0.5, 0.6) is 0 Å². The van der Waals surface area contributed by atoms with Crippen LogP contribution in [0.2, 0.25) is 0 Å². The number of thiocarbonyl (C=S) groups is 1. The average molecular weight is 612 g/mol. The summed E-state index contributed by atoms with van der Waals surface area (Å²) in [6, 6.07) is 11.8. The Morgan fingerprint density at radius 3 is 2.41 bits per heavy atom. The van der Waals surface area contributed by atoms with Crippen LogP contribution in [-0.2, 0) is 21.2 Å². The van der Waals surface area contributed by atoms with E-state index in [0.29, 0.717) is 52.2 Å². The van der Waals surface area contributed by atoms with Crippen LogP contribution in [-0.4, -0.2) is 71.8 Å². The van der Waals surface area contributed by atoms with E-state index in [2.05, 4.69) is 34.9 Å². The minimum absolute atomic E-state index is 0.0416. The summed E-state index contributed by atoms with van der Waals surface area (Å²) in [7, 11) is -3.20. The van der Waals surface area contributed by atoms with Gasteiger partial charge >= 0.3 is 0 Å². The minimum Gasteiger partial charge on any atom is -0.368 e. The second-order valence-electron chi connectivity index (χ2n) is 10.6. The number of carbonyl (C=O) groups excluding carboxylic acids is 1. The Morgan fingerprint density at radius 1 is 1.12 bits per heavy atom. The molecule has 1 unspecified atom stereocenters. The summed E-state index contributed by atoms with van der Waals surface area (Å²) < 4.78 is 26.3. The quantitative estimate of drug-likeness (QED) is 0.343. The van der Waals surface area contributed by atoms with Crippen molar-refractivity contribution in [2.45, 2.75) is 45.7 Å². The molecule has 5 rings (SSSR count). The molecule has 3 saturated heterocycles. The zero-order valence-corrected chi connectivity index (χ0v) is 25.7. The standard InChI is InChI=1S/C29H33N5O4S3/c1-3-4-11-33-26(32-14-12-31(13-15-32)21-8-6-5-7-9-21)23(20(2)24(18-30)27(33)35)17-25-28(36)34(29(39)40-25)22-10-16-41(37,38)19-22/h5-9,17,22H,3-4,10-16,19H2,1-2H3/b25-17+. The van der Waals surface area contributed by atoms with Crippen LogP contribution in [0.1, 0.15) is 42.9 Å². The fourth-order valence-corrected chi connectivity index (χ4v) is 8.81. The first-order valence-electron chi connectivity index (χ1n) is 13.8. The van der Waals surface area contributed by atoms with Crippen LogP contribution in [0.4, 0.5) is 11.5 Å². The molecule has 0 spiro atoms. The lowest BCUT2D eigenvalue weighted by atomic mass is 10.0. The van der Waals surface area contributed by atoms with Crippen LogP contribution >= 0.6 is 24.0 Å². The lowest BCUT2D eigenvalue weighted by molar-refractivity contribution is -0.123. The first-order valence-corrected chi connectivity index (χ1v) is 16.9. The molecular formula is C29H33N5O4S3. The highest BCUT2D eigenvalue weighted by Crippen LogP contribution is 2.38. The van der Waals surface area contributed by atoms with Crippen molar-refractivity contribution in [3.63, 3.8) is 0 Å². The monoisotopic (exact) mass is 611 g/mol. The number of aromatic nitrogens is 1. The van der Waals surface area contributed by atoms with Crippen molar-refractivity contribution in [2.75, 3.05) is 47.5 Å². The lowest BCUT2D eigenvalue weighted by Crippen LogP contribution is -2.48. The van der Waals surface area contributed by atoms with Crippen LogP contribution in [0.3, 0.4) is 0 Å². The number of piperazine rings is 1. The van der Waals surface area contributed by atoms with Gasteiger partial charge in [0.2, 0.25) is 0 Å². The molecule has 3 aliphatic heterocycles. The molecule has 0 saturated carbocycles. The Morgan fingerprint density at radius 2 is 1.80 bits per heavy atom. The number of nitrogens with zero attached hydrogens (tertiary/aromatic N) is 5. The number of benzene rings is 1. The van der Waals surface area contributed by atoms with E-state index >= 15 is 0 Å². The summed E-state index contributed by atoms with van der Waals surface area (Å²) >= 11 is 6.68. The molecule has 1 aromatic carbocycles. The molecular weight excluding hydrogens is 579 g/mol. The summed E-state index contributed by atoms with van der Waals surface area (Å²) in [5.74, 6) is 0.329. The van der Waals surface area contributed by atoms with Gasteiger partial charge in [0.05, 0.1) is 22.5 Å². The normalized spacial score (nSPS) is 21.6. The van der Waals surface area contributed by atoms with Crippen molar-refractivity contribution in [2.24, 2.45) is 0 Å². The zero-order chi connectivity index (χ0) is 29.3. The van der Waals surface area contributed by atoms with Crippen molar-refractivity contribution >= 4 is 61.6 Å². The van der Waals surface area contributed by atoms with Gasteiger partial charge < -0.3 is 9.80 Å². The number of nitriles is 1. The molecule has 0 aliphatic carbocycles. The topological polar surface area (TPSA) is 107 Å². The summed E-state index contributed by atoms with van der Waals surface area (Å²) in [6.07, 6.45) is 3.75. The van der Waals surface area contributed by atoms with Crippen molar-refractivity contribution in [3.05, 3.63) is 62.3 Å². The number of carbonyl (C=O) groups is 1.